The van der Waals surface area contributed by atoms with Crippen LogP contribution in [0.5, 0.6) is 0 Å². The Morgan fingerprint density at radius 3 is 2.86 bits per heavy atom. The van der Waals surface area contributed by atoms with E-state index in [1.807, 2.05) is 30.3 Å². The minimum Gasteiger partial charge on any atom is -0.476 e. The monoisotopic (exact) mass is 316 g/mol. The number of H-pyrrole nitrogens is 1. The fourth-order valence-corrected chi connectivity index (χ4v) is 3.12. The fraction of sp³-hybridized carbons (Fsp3) is 0.294. The summed E-state index contributed by atoms with van der Waals surface area (Å²) in [5.74, 6) is -0.991. The average Bonchev–Trinajstić information content (AvgIpc) is 2.86. The smallest absolute Gasteiger partial charge is 0.357 e. The van der Waals surface area contributed by atoms with E-state index in [1.165, 1.54) is 0 Å². The number of carboxylic acid groups (broad SMARTS) is 1. The molecule has 0 unspecified atom stereocenters. The summed E-state index contributed by atoms with van der Waals surface area (Å²) < 4.78 is 0. The average molecular weight is 317 g/mol. The highest BCUT2D eigenvalue weighted by Crippen LogP contribution is 2.32. The van der Waals surface area contributed by atoms with Crippen molar-refractivity contribution in [3.63, 3.8) is 0 Å². The van der Waals surface area contributed by atoms with Crippen LogP contribution in [0, 0.1) is 0 Å². The molecule has 0 amide bonds. The molecule has 22 heavy (non-hydrogen) atoms. The quantitative estimate of drug-likeness (QED) is 0.862. The molecule has 1 aliphatic rings. The topological polar surface area (TPSA) is 66.0 Å². The van der Waals surface area contributed by atoms with Crippen molar-refractivity contribution in [2.24, 2.45) is 0 Å². The molecule has 0 bridgehead atoms. The lowest BCUT2D eigenvalue weighted by molar-refractivity contribution is 0.0690. The van der Waals surface area contributed by atoms with E-state index in [2.05, 4.69) is 10.2 Å². The van der Waals surface area contributed by atoms with Gasteiger partial charge in [0.05, 0.1) is 0 Å². The van der Waals surface area contributed by atoms with Crippen LogP contribution in [0.3, 0.4) is 0 Å². The van der Waals surface area contributed by atoms with Crippen LogP contribution >= 0.6 is 11.6 Å². The van der Waals surface area contributed by atoms with Crippen LogP contribution in [-0.4, -0.2) is 21.3 Å². The Hall–Kier alpha value is -2.07. The van der Waals surface area contributed by atoms with Crippen molar-refractivity contribution in [1.82, 2.24) is 10.2 Å². The number of carboxylic acids is 1. The van der Waals surface area contributed by atoms with Crippen LogP contribution in [0.15, 0.2) is 24.3 Å². The van der Waals surface area contributed by atoms with Gasteiger partial charge in [-0.3, -0.25) is 5.10 Å². The number of nitrogens with one attached hydrogen (secondary N) is 1. The van der Waals surface area contributed by atoms with Crippen LogP contribution in [0.1, 0.15) is 53.0 Å². The standard InChI is InChI=1S/C17H17ClN2O2/c18-13-7-4-5-11(10-13)9-12-6-2-1-3-8-14-15(12)16(17(21)22)20-19-14/h4-5,7,9-10H,1-3,6,8H2,(H,19,20)(H,21,22). The minimum absolute atomic E-state index is 0.116. The van der Waals surface area contributed by atoms with E-state index in [0.717, 1.165) is 54.5 Å². The third kappa shape index (κ3) is 3.07. The zero-order chi connectivity index (χ0) is 15.5. The first kappa shape index (κ1) is 14.9. The molecule has 1 aromatic heterocycles. The molecule has 0 saturated carbocycles. The minimum atomic E-state index is -0.991. The number of allylic oxidation sites excluding steroid dienone is 1. The number of hydrogen-bond acceptors (Lipinski definition) is 2. The number of aromatic nitrogens is 2. The molecule has 4 nitrogen and oxygen atoms in total. The van der Waals surface area contributed by atoms with Crippen LogP contribution < -0.4 is 0 Å². The van der Waals surface area contributed by atoms with Gasteiger partial charge >= 0.3 is 5.97 Å². The van der Waals surface area contributed by atoms with E-state index in [1.54, 1.807) is 0 Å². The van der Waals surface area contributed by atoms with Gasteiger partial charge in [0.2, 0.25) is 0 Å². The van der Waals surface area contributed by atoms with Gasteiger partial charge in [-0.2, -0.15) is 5.10 Å². The summed E-state index contributed by atoms with van der Waals surface area (Å²) in [5.41, 5.74) is 3.79. The third-order valence-corrected chi connectivity index (χ3v) is 4.16. The maximum Gasteiger partial charge on any atom is 0.357 e. The predicted molar refractivity (Wildman–Crippen MR) is 87.0 cm³/mol. The number of nitrogens with zero attached hydrogens (tertiary/aromatic N) is 1. The second kappa shape index (κ2) is 6.36. The molecule has 0 aliphatic heterocycles. The van der Waals surface area contributed by atoms with Gasteiger partial charge in [-0.05, 0) is 49.0 Å². The normalized spacial score (nSPS) is 16.9. The van der Waals surface area contributed by atoms with Crippen LogP contribution in [-0.2, 0) is 6.42 Å². The van der Waals surface area contributed by atoms with Gasteiger partial charge in [-0.25, -0.2) is 4.79 Å². The maximum absolute atomic E-state index is 11.5. The van der Waals surface area contributed by atoms with Crippen molar-refractivity contribution in [3.8, 4) is 0 Å². The highest BCUT2D eigenvalue weighted by Gasteiger charge is 2.23. The molecule has 0 spiro atoms. The van der Waals surface area contributed by atoms with Crippen LogP contribution in [0.4, 0.5) is 0 Å². The largest absolute Gasteiger partial charge is 0.476 e. The number of carbonyl (C=O) groups is 1. The fourth-order valence-electron chi connectivity index (χ4n) is 2.92. The first-order valence-corrected chi connectivity index (χ1v) is 7.80. The Bertz CT molecular complexity index is 734. The van der Waals surface area contributed by atoms with Gasteiger partial charge in [0, 0.05) is 16.3 Å². The number of hydrogen-bond donors (Lipinski definition) is 2. The number of aromatic carboxylic acids is 1. The summed E-state index contributed by atoms with van der Waals surface area (Å²) in [6, 6.07) is 7.57. The molecule has 2 N–H and O–H groups in total. The number of aromatic amines is 1. The van der Waals surface area contributed by atoms with E-state index in [4.69, 9.17) is 11.6 Å². The molecule has 0 radical (unpaired) electrons. The molecule has 1 aromatic carbocycles. The highest BCUT2D eigenvalue weighted by molar-refractivity contribution is 6.30. The van der Waals surface area contributed by atoms with E-state index in [0.29, 0.717) is 5.02 Å². The number of rotatable bonds is 2. The molecule has 1 heterocycles. The van der Waals surface area contributed by atoms with Gasteiger partial charge in [0.15, 0.2) is 5.69 Å². The molecule has 114 valence electrons. The van der Waals surface area contributed by atoms with E-state index in [-0.39, 0.29) is 5.69 Å². The molecule has 0 saturated heterocycles. The maximum atomic E-state index is 11.5. The van der Waals surface area contributed by atoms with Gasteiger partial charge in [0.25, 0.3) is 0 Å². The SMILES string of the molecule is O=C(O)c1n[nH]c2c1C(=Cc1cccc(Cl)c1)CCCCC2. The molecular formula is C17H17ClN2O2. The number of aryl methyl sites for hydroxylation is 1. The van der Waals surface area contributed by atoms with Crippen molar-refractivity contribution in [1.29, 1.82) is 0 Å². The Balaban J connectivity index is 2.11. The summed E-state index contributed by atoms with van der Waals surface area (Å²) in [7, 11) is 0. The van der Waals surface area contributed by atoms with Crippen molar-refractivity contribution >= 4 is 29.2 Å². The Morgan fingerprint density at radius 1 is 1.27 bits per heavy atom. The summed E-state index contributed by atoms with van der Waals surface area (Å²) in [5, 5.41) is 17.0. The van der Waals surface area contributed by atoms with Gasteiger partial charge < -0.3 is 5.11 Å². The molecular weight excluding hydrogens is 300 g/mol. The second-order valence-electron chi connectivity index (χ2n) is 5.52. The van der Waals surface area contributed by atoms with Crippen LogP contribution in [0.2, 0.25) is 5.02 Å². The number of fused-ring (bicyclic) bond motifs is 1. The predicted octanol–water partition coefficient (Wildman–Crippen LogP) is 4.42. The Kier molecular flexibility index (Phi) is 4.29. The summed E-state index contributed by atoms with van der Waals surface area (Å²) >= 11 is 6.04. The van der Waals surface area contributed by atoms with Crippen LogP contribution in [0.25, 0.3) is 11.6 Å². The molecule has 0 atom stereocenters. The summed E-state index contributed by atoms with van der Waals surface area (Å²) in [6.07, 6.45) is 6.95. The molecule has 3 rings (SSSR count). The van der Waals surface area contributed by atoms with Gasteiger partial charge in [-0.15, -0.1) is 0 Å². The lowest BCUT2D eigenvalue weighted by atomic mass is 9.91. The van der Waals surface area contributed by atoms with Crippen molar-refractivity contribution in [2.45, 2.75) is 32.1 Å². The van der Waals surface area contributed by atoms with E-state index < -0.39 is 5.97 Å². The van der Waals surface area contributed by atoms with Crippen molar-refractivity contribution in [2.75, 3.05) is 0 Å². The Labute approximate surface area is 133 Å². The zero-order valence-corrected chi connectivity index (χ0v) is 12.9. The summed E-state index contributed by atoms with van der Waals surface area (Å²) in [6.45, 7) is 0. The summed E-state index contributed by atoms with van der Waals surface area (Å²) in [4.78, 5) is 11.5. The number of halogens is 1. The second-order valence-corrected chi connectivity index (χ2v) is 5.95. The molecule has 0 fully saturated rings. The first-order valence-electron chi connectivity index (χ1n) is 7.42. The Morgan fingerprint density at radius 2 is 2.09 bits per heavy atom. The van der Waals surface area contributed by atoms with E-state index >= 15 is 0 Å². The first-order chi connectivity index (χ1) is 10.6. The lowest BCUT2D eigenvalue weighted by Gasteiger charge is -2.13. The van der Waals surface area contributed by atoms with Crippen molar-refractivity contribution in [3.05, 3.63) is 51.8 Å². The van der Waals surface area contributed by atoms with Gasteiger partial charge in [0.1, 0.15) is 0 Å². The molecule has 1 aliphatic carbocycles. The van der Waals surface area contributed by atoms with E-state index in [9.17, 15) is 9.90 Å². The van der Waals surface area contributed by atoms with Crippen molar-refractivity contribution < 1.29 is 9.90 Å². The molecule has 5 heteroatoms. The third-order valence-electron chi connectivity index (χ3n) is 3.93. The lowest BCUT2D eigenvalue weighted by Crippen LogP contribution is -2.04. The highest BCUT2D eigenvalue weighted by atomic mass is 35.5. The van der Waals surface area contributed by atoms with Gasteiger partial charge in [-0.1, -0.05) is 36.2 Å². The number of benzene rings is 1. The zero-order valence-electron chi connectivity index (χ0n) is 12.1. The molecule has 2 aromatic rings.